The summed E-state index contributed by atoms with van der Waals surface area (Å²) >= 11 is 5.98. The van der Waals surface area contributed by atoms with E-state index < -0.39 is 17.6 Å². The van der Waals surface area contributed by atoms with Crippen molar-refractivity contribution in [3.05, 3.63) is 44.7 Å². The number of benzene rings is 1. The highest BCUT2D eigenvalue weighted by atomic mass is 79.9. The monoisotopic (exact) mass is 412 g/mol. The molecule has 8 heteroatoms. The van der Waals surface area contributed by atoms with E-state index in [1.807, 2.05) is 0 Å². The largest absolute Gasteiger partial charge is 0.416 e. The van der Waals surface area contributed by atoms with Gasteiger partial charge in [0.1, 0.15) is 10.3 Å². The lowest BCUT2D eigenvalue weighted by atomic mass is 10.1. The Labute approximate surface area is 128 Å². The molecule has 2 nitrogen and oxygen atoms in total. The zero-order chi connectivity index (χ0) is 15.1. The first-order chi connectivity index (χ1) is 9.21. The Kier molecular flexibility index (Phi) is 4.06. The molecule has 0 radical (unpaired) electrons. The van der Waals surface area contributed by atoms with Crippen molar-refractivity contribution in [3.8, 4) is 11.3 Å². The van der Waals surface area contributed by atoms with Crippen LogP contribution in [0.2, 0.25) is 0 Å². The lowest BCUT2D eigenvalue weighted by molar-refractivity contribution is -0.137. The minimum atomic E-state index is -4.51. The molecule has 106 valence electrons. The van der Waals surface area contributed by atoms with E-state index in [0.29, 0.717) is 0 Å². The third-order valence-corrected chi connectivity index (χ3v) is 3.91. The van der Waals surface area contributed by atoms with Crippen LogP contribution in [0.15, 0.2) is 33.3 Å². The number of alkyl halides is 3. The van der Waals surface area contributed by atoms with Gasteiger partial charge in [-0.1, -0.05) is 12.1 Å². The summed E-state index contributed by atoms with van der Waals surface area (Å²) in [6, 6.07) is 4.27. The van der Waals surface area contributed by atoms with E-state index in [2.05, 4.69) is 36.8 Å². The van der Waals surface area contributed by atoms with Crippen molar-refractivity contribution < 1.29 is 17.6 Å². The van der Waals surface area contributed by atoms with Crippen LogP contribution in [0.4, 0.5) is 23.2 Å². The molecule has 2 rings (SSSR count). The number of halogens is 6. The summed E-state index contributed by atoms with van der Waals surface area (Å²) in [5.74, 6) is -0.815. The van der Waals surface area contributed by atoms with Crippen LogP contribution in [-0.4, -0.2) is 4.98 Å². The molecule has 0 atom stereocenters. The number of anilines is 1. The Morgan fingerprint density at radius 2 is 1.80 bits per heavy atom. The van der Waals surface area contributed by atoms with Gasteiger partial charge in [-0.05, 0) is 44.0 Å². The molecule has 2 aromatic rings. The number of pyridine rings is 1. The lowest BCUT2D eigenvalue weighted by Crippen LogP contribution is -2.05. The van der Waals surface area contributed by atoms with Crippen LogP contribution in [0, 0.1) is 5.82 Å². The molecule has 0 fully saturated rings. The van der Waals surface area contributed by atoms with Crippen molar-refractivity contribution in [1.29, 1.82) is 0 Å². The molecule has 20 heavy (non-hydrogen) atoms. The number of nitrogen functional groups attached to an aromatic ring is 1. The SMILES string of the molecule is Nc1c(Br)nc(-c2cccc(C(F)(F)F)c2)c(F)c1Br. The summed E-state index contributed by atoms with van der Waals surface area (Å²) in [6.45, 7) is 0. The second-order valence-corrected chi connectivity index (χ2v) is 5.42. The molecule has 1 aromatic carbocycles. The molecule has 1 heterocycles. The Morgan fingerprint density at radius 3 is 2.40 bits per heavy atom. The van der Waals surface area contributed by atoms with Crippen molar-refractivity contribution >= 4 is 37.5 Å². The fourth-order valence-corrected chi connectivity index (χ4v) is 2.57. The molecule has 0 aliphatic carbocycles. The maximum Gasteiger partial charge on any atom is 0.416 e. The Morgan fingerprint density at radius 1 is 1.15 bits per heavy atom. The average Bonchev–Trinajstić information content (AvgIpc) is 2.40. The second-order valence-electron chi connectivity index (χ2n) is 3.87. The highest BCUT2D eigenvalue weighted by Crippen LogP contribution is 2.37. The summed E-state index contributed by atoms with van der Waals surface area (Å²) in [4.78, 5) is 3.85. The third-order valence-electron chi connectivity index (χ3n) is 2.53. The zero-order valence-electron chi connectivity index (χ0n) is 9.60. The molecular formula is C12H6Br2F4N2. The zero-order valence-corrected chi connectivity index (χ0v) is 12.8. The van der Waals surface area contributed by atoms with Gasteiger partial charge in [0.25, 0.3) is 0 Å². The van der Waals surface area contributed by atoms with Crippen molar-refractivity contribution in [2.24, 2.45) is 0 Å². The van der Waals surface area contributed by atoms with Gasteiger partial charge in [-0.25, -0.2) is 9.37 Å². The maximum absolute atomic E-state index is 14.1. The first kappa shape index (κ1) is 15.2. The quantitative estimate of drug-likeness (QED) is 0.527. The summed E-state index contributed by atoms with van der Waals surface area (Å²) in [5.41, 5.74) is 4.51. The van der Waals surface area contributed by atoms with E-state index in [9.17, 15) is 17.6 Å². The van der Waals surface area contributed by atoms with E-state index in [4.69, 9.17) is 5.73 Å². The third kappa shape index (κ3) is 2.80. The van der Waals surface area contributed by atoms with Crippen molar-refractivity contribution in [3.63, 3.8) is 0 Å². The smallest absolute Gasteiger partial charge is 0.396 e. The fraction of sp³-hybridized carbons (Fsp3) is 0.0833. The molecular weight excluding hydrogens is 408 g/mol. The number of hydrogen-bond acceptors (Lipinski definition) is 2. The maximum atomic E-state index is 14.1. The fourth-order valence-electron chi connectivity index (χ4n) is 1.55. The van der Waals surface area contributed by atoms with E-state index in [1.165, 1.54) is 12.1 Å². The van der Waals surface area contributed by atoms with Gasteiger partial charge in [0.15, 0.2) is 5.82 Å². The molecule has 0 unspecified atom stereocenters. The Balaban J connectivity index is 2.64. The highest BCUT2D eigenvalue weighted by Gasteiger charge is 2.31. The van der Waals surface area contributed by atoms with Crippen molar-refractivity contribution in [2.75, 3.05) is 5.73 Å². The summed E-state index contributed by atoms with van der Waals surface area (Å²) < 4.78 is 52.1. The molecule has 0 spiro atoms. The molecule has 0 saturated heterocycles. The van der Waals surface area contributed by atoms with Gasteiger partial charge in [-0.15, -0.1) is 0 Å². The number of rotatable bonds is 1. The van der Waals surface area contributed by atoms with E-state index >= 15 is 0 Å². The van der Waals surface area contributed by atoms with Crippen LogP contribution in [0.1, 0.15) is 5.56 Å². The number of nitrogens with two attached hydrogens (primary N) is 1. The Hall–Kier alpha value is -1.15. The first-order valence-corrected chi connectivity index (χ1v) is 6.78. The van der Waals surface area contributed by atoms with Gasteiger partial charge >= 0.3 is 6.18 Å². The van der Waals surface area contributed by atoms with Crippen LogP contribution in [-0.2, 0) is 6.18 Å². The predicted molar refractivity (Wildman–Crippen MR) is 74.4 cm³/mol. The van der Waals surface area contributed by atoms with E-state index in [-0.39, 0.29) is 26.0 Å². The molecule has 0 amide bonds. The van der Waals surface area contributed by atoms with Gasteiger partial charge in [-0.2, -0.15) is 13.2 Å². The Bertz CT molecular complexity index is 671. The normalized spacial score (nSPS) is 11.7. The molecule has 2 N–H and O–H groups in total. The van der Waals surface area contributed by atoms with Crippen LogP contribution >= 0.6 is 31.9 Å². The number of nitrogens with zero attached hydrogens (tertiary/aromatic N) is 1. The minimum absolute atomic E-state index is 0.0127. The lowest BCUT2D eigenvalue weighted by Gasteiger charge is -2.11. The molecule has 1 aromatic heterocycles. The second kappa shape index (κ2) is 5.33. The molecule has 0 aliphatic rings. The summed E-state index contributed by atoms with van der Waals surface area (Å²) in [6.07, 6.45) is -4.51. The number of aromatic nitrogens is 1. The van der Waals surface area contributed by atoms with Gasteiger partial charge in [0.2, 0.25) is 0 Å². The van der Waals surface area contributed by atoms with Crippen molar-refractivity contribution in [2.45, 2.75) is 6.18 Å². The van der Waals surface area contributed by atoms with E-state index in [1.54, 1.807) is 0 Å². The standard InChI is InChI=1S/C12H6Br2F4N2/c13-7-8(15)10(20-11(14)9(7)19)5-2-1-3-6(4-5)12(16,17)18/h1-4H,19H2. The van der Waals surface area contributed by atoms with Crippen LogP contribution in [0.25, 0.3) is 11.3 Å². The number of hydrogen-bond donors (Lipinski definition) is 1. The molecule has 0 saturated carbocycles. The van der Waals surface area contributed by atoms with Crippen LogP contribution < -0.4 is 5.73 Å². The topological polar surface area (TPSA) is 38.9 Å². The minimum Gasteiger partial charge on any atom is -0.396 e. The predicted octanol–water partition coefficient (Wildman–Crippen LogP) is 5.01. The van der Waals surface area contributed by atoms with Gasteiger partial charge < -0.3 is 5.73 Å². The van der Waals surface area contributed by atoms with E-state index in [0.717, 1.165) is 12.1 Å². The van der Waals surface area contributed by atoms with Gasteiger partial charge in [-0.3, -0.25) is 0 Å². The molecule has 0 aliphatic heterocycles. The average molecular weight is 414 g/mol. The van der Waals surface area contributed by atoms with Gasteiger partial charge in [0, 0.05) is 5.56 Å². The molecule has 0 bridgehead atoms. The van der Waals surface area contributed by atoms with Crippen molar-refractivity contribution in [1.82, 2.24) is 4.98 Å². The van der Waals surface area contributed by atoms with Crippen LogP contribution in [0.3, 0.4) is 0 Å². The summed E-state index contributed by atoms with van der Waals surface area (Å²) in [5, 5.41) is 0. The summed E-state index contributed by atoms with van der Waals surface area (Å²) in [7, 11) is 0. The highest BCUT2D eigenvalue weighted by molar-refractivity contribution is 9.11. The van der Waals surface area contributed by atoms with Crippen LogP contribution in [0.5, 0.6) is 0 Å². The van der Waals surface area contributed by atoms with Gasteiger partial charge in [0.05, 0.1) is 15.7 Å². The first-order valence-electron chi connectivity index (χ1n) is 5.19.